The van der Waals surface area contributed by atoms with Crippen LogP contribution in [0.1, 0.15) is 11.3 Å². The molecule has 0 bridgehead atoms. The first-order valence-electron chi connectivity index (χ1n) is 6.26. The van der Waals surface area contributed by atoms with Crippen LogP contribution in [0, 0.1) is 18.8 Å². The SMILES string of the molecule is Cc1ccc(NS(=O)(=O)c2ccccc2C#CCN)cn1. The van der Waals surface area contributed by atoms with Crippen LogP contribution in [-0.2, 0) is 10.0 Å². The van der Waals surface area contributed by atoms with Crippen LogP contribution in [0.5, 0.6) is 0 Å². The standard InChI is InChI=1S/C15H15N3O2S/c1-12-8-9-14(11-17-12)18-21(19,20)15-7-3-2-5-13(15)6-4-10-16/h2-3,5,7-9,11,18H,10,16H2,1H3. The molecule has 0 atom stereocenters. The van der Waals surface area contributed by atoms with Crippen LogP contribution >= 0.6 is 0 Å². The molecule has 0 unspecified atom stereocenters. The summed E-state index contributed by atoms with van der Waals surface area (Å²) >= 11 is 0. The molecule has 1 aromatic carbocycles. The van der Waals surface area contributed by atoms with Crippen LogP contribution in [0.25, 0.3) is 0 Å². The molecular weight excluding hydrogens is 286 g/mol. The molecule has 2 aromatic rings. The summed E-state index contributed by atoms with van der Waals surface area (Å²) in [5.74, 6) is 5.43. The van der Waals surface area contributed by atoms with Crippen LogP contribution in [-0.4, -0.2) is 19.9 Å². The molecule has 0 aliphatic carbocycles. The lowest BCUT2D eigenvalue weighted by atomic mass is 10.2. The number of aryl methyl sites for hydroxylation is 1. The predicted molar refractivity (Wildman–Crippen MR) is 82.2 cm³/mol. The van der Waals surface area contributed by atoms with Gasteiger partial charge in [0.15, 0.2) is 0 Å². The molecule has 0 radical (unpaired) electrons. The number of sulfonamides is 1. The van der Waals surface area contributed by atoms with Crippen molar-refractivity contribution in [1.29, 1.82) is 0 Å². The van der Waals surface area contributed by atoms with E-state index in [9.17, 15) is 8.42 Å². The van der Waals surface area contributed by atoms with E-state index >= 15 is 0 Å². The zero-order valence-electron chi connectivity index (χ0n) is 11.5. The zero-order chi connectivity index (χ0) is 15.3. The molecule has 5 nitrogen and oxygen atoms in total. The smallest absolute Gasteiger partial charge is 0.263 e. The van der Waals surface area contributed by atoms with E-state index < -0.39 is 10.0 Å². The van der Waals surface area contributed by atoms with Crippen LogP contribution in [0.4, 0.5) is 5.69 Å². The first kappa shape index (κ1) is 15.0. The minimum Gasteiger partial charge on any atom is -0.320 e. The fourth-order valence-electron chi connectivity index (χ4n) is 1.69. The minimum absolute atomic E-state index is 0.117. The van der Waals surface area contributed by atoms with Crippen molar-refractivity contribution in [1.82, 2.24) is 4.98 Å². The van der Waals surface area contributed by atoms with Gasteiger partial charge in [0.2, 0.25) is 0 Å². The van der Waals surface area contributed by atoms with Crippen LogP contribution < -0.4 is 10.5 Å². The lowest BCUT2D eigenvalue weighted by Crippen LogP contribution is -2.14. The number of hydrogen-bond acceptors (Lipinski definition) is 4. The summed E-state index contributed by atoms with van der Waals surface area (Å²) in [5.41, 5.74) is 6.96. The van der Waals surface area contributed by atoms with Gasteiger partial charge in [-0.25, -0.2) is 8.42 Å². The quantitative estimate of drug-likeness (QED) is 0.841. The number of hydrogen-bond donors (Lipinski definition) is 2. The van der Waals surface area contributed by atoms with E-state index in [1.54, 1.807) is 30.3 Å². The Morgan fingerprint density at radius 1 is 1.24 bits per heavy atom. The lowest BCUT2D eigenvalue weighted by molar-refractivity contribution is 0.601. The van der Waals surface area contributed by atoms with Crippen LogP contribution in [0.3, 0.4) is 0 Å². The summed E-state index contributed by atoms with van der Waals surface area (Å²) in [6.45, 7) is 2.00. The number of nitrogens with one attached hydrogen (secondary N) is 1. The number of nitrogens with zero attached hydrogens (tertiary/aromatic N) is 1. The number of nitrogens with two attached hydrogens (primary N) is 1. The Labute approximate surface area is 124 Å². The summed E-state index contributed by atoms with van der Waals surface area (Å²) in [6.07, 6.45) is 1.47. The van der Waals surface area contributed by atoms with Gasteiger partial charge in [0, 0.05) is 11.3 Å². The van der Waals surface area contributed by atoms with Crippen molar-refractivity contribution in [2.24, 2.45) is 5.73 Å². The van der Waals surface area contributed by atoms with Crippen molar-refractivity contribution < 1.29 is 8.42 Å². The molecule has 0 spiro atoms. The van der Waals surface area contributed by atoms with Gasteiger partial charge in [-0.05, 0) is 31.2 Å². The summed E-state index contributed by atoms with van der Waals surface area (Å²) in [4.78, 5) is 4.17. The topological polar surface area (TPSA) is 85.1 Å². The monoisotopic (exact) mass is 301 g/mol. The summed E-state index contributed by atoms with van der Waals surface area (Å²) in [6, 6.07) is 9.92. The number of anilines is 1. The first-order valence-corrected chi connectivity index (χ1v) is 7.75. The molecule has 1 aromatic heterocycles. The maximum absolute atomic E-state index is 12.4. The van der Waals surface area contributed by atoms with E-state index in [2.05, 4.69) is 21.5 Å². The highest BCUT2D eigenvalue weighted by molar-refractivity contribution is 7.92. The Hall–Kier alpha value is -2.36. The van der Waals surface area contributed by atoms with Crippen LogP contribution in [0.15, 0.2) is 47.5 Å². The van der Waals surface area contributed by atoms with E-state index in [0.717, 1.165) is 5.69 Å². The Kier molecular flexibility index (Phi) is 4.58. The Morgan fingerprint density at radius 3 is 2.67 bits per heavy atom. The van der Waals surface area contributed by atoms with Crippen molar-refractivity contribution in [3.8, 4) is 11.8 Å². The Morgan fingerprint density at radius 2 is 2.00 bits per heavy atom. The van der Waals surface area contributed by atoms with E-state index in [1.165, 1.54) is 12.3 Å². The molecular formula is C15H15N3O2S. The second-order valence-corrected chi connectivity index (χ2v) is 5.95. The van der Waals surface area contributed by atoms with Crippen molar-refractivity contribution in [3.63, 3.8) is 0 Å². The second-order valence-electron chi connectivity index (χ2n) is 4.30. The summed E-state index contributed by atoms with van der Waals surface area (Å²) < 4.78 is 27.4. The molecule has 0 saturated heterocycles. The lowest BCUT2D eigenvalue weighted by Gasteiger charge is -2.09. The van der Waals surface area contributed by atoms with E-state index in [-0.39, 0.29) is 11.4 Å². The second kappa shape index (κ2) is 6.39. The minimum atomic E-state index is -3.72. The van der Waals surface area contributed by atoms with Gasteiger partial charge >= 0.3 is 0 Å². The molecule has 0 aliphatic rings. The van der Waals surface area contributed by atoms with Gasteiger partial charge < -0.3 is 5.73 Å². The fourth-order valence-corrected chi connectivity index (χ4v) is 2.90. The van der Waals surface area contributed by atoms with Gasteiger partial charge in [-0.15, -0.1) is 0 Å². The molecule has 1 heterocycles. The molecule has 2 rings (SSSR count). The maximum atomic E-state index is 12.4. The highest BCUT2D eigenvalue weighted by Gasteiger charge is 2.17. The van der Waals surface area contributed by atoms with Crippen molar-refractivity contribution >= 4 is 15.7 Å². The van der Waals surface area contributed by atoms with Crippen molar-refractivity contribution in [2.45, 2.75) is 11.8 Å². The first-order chi connectivity index (χ1) is 10.0. The number of rotatable bonds is 3. The van der Waals surface area contributed by atoms with Gasteiger partial charge in [0.05, 0.1) is 18.4 Å². The largest absolute Gasteiger partial charge is 0.320 e. The normalized spacial score (nSPS) is 10.6. The van der Waals surface area contributed by atoms with E-state index in [1.807, 2.05) is 6.92 Å². The molecule has 6 heteroatoms. The highest BCUT2D eigenvalue weighted by Crippen LogP contribution is 2.18. The van der Waals surface area contributed by atoms with Crippen molar-refractivity contribution in [2.75, 3.05) is 11.3 Å². The third-order valence-electron chi connectivity index (χ3n) is 2.67. The van der Waals surface area contributed by atoms with Gasteiger partial charge in [-0.1, -0.05) is 24.0 Å². The van der Waals surface area contributed by atoms with Gasteiger partial charge in [0.25, 0.3) is 10.0 Å². The molecule has 108 valence electrons. The summed E-state index contributed by atoms with van der Waals surface area (Å²) in [7, 11) is -3.72. The molecule has 3 N–H and O–H groups in total. The zero-order valence-corrected chi connectivity index (χ0v) is 12.3. The summed E-state index contributed by atoms with van der Waals surface area (Å²) in [5, 5.41) is 0. The molecule has 0 fully saturated rings. The number of pyridine rings is 1. The predicted octanol–water partition coefficient (Wildman–Crippen LogP) is 1.50. The maximum Gasteiger partial charge on any atom is 0.263 e. The Balaban J connectivity index is 2.38. The van der Waals surface area contributed by atoms with Gasteiger partial charge in [0.1, 0.15) is 4.90 Å². The Bertz CT molecular complexity index is 788. The average Bonchev–Trinajstić information content (AvgIpc) is 2.47. The van der Waals surface area contributed by atoms with E-state index in [4.69, 9.17) is 5.73 Å². The third-order valence-corrected chi connectivity index (χ3v) is 4.10. The molecule has 0 aliphatic heterocycles. The van der Waals surface area contributed by atoms with E-state index in [0.29, 0.717) is 11.3 Å². The van der Waals surface area contributed by atoms with Gasteiger partial charge in [-0.3, -0.25) is 9.71 Å². The fraction of sp³-hybridized carbons (Fsp3) is 0.133. The third kappa shape index (κ3) is 3.81. The van der Waals surface area contributed by atoms with Crippen LogP contribution in [0.2, 0.25) is 0 Å². The molecule has 21 heavy (non-hydrogen) atoms. The van der Waals surface area contributed by atoms with Gasteiger partial charge in [-0.2, -0.15) is 0 Å². The molecule has 0 amide bonds. The molecule has 0 saturated carbocycles. The number of aromatic nitrogens is 1. The van der Waals surface area contributed by atoms with Crippen molar-refractivity contribution in [3.05, 3.63) is 53.9 Å². The number of benzene rings is 1. The average molecular weight is 301 g/mol. The highest BCUT2D eigenvalue weighted by atomic mass is 32.2.